The zero-order valence-corrected chi connectivity index (χ0v) is 20.7. The molecule has 2 amide bonds. The number of para-hydroxylation sites is 1. The maximum absolute atomic E-state index is 13.2. The summed E-state index contributed by atoms with van der Waals surface area (Å²) in [5.41, 5.74) is 9.93. The summed E-state index contributed by atoms with van der Waals surface area (Å²) < 4.78 is 0. The number of rotatable bonds is 8. The Bertz CT molecular complexity index is 1120. The Morgan fingerprint density at radius 1 is 1.11 bits per heavy atom. The molecule has 1 unspecified atom stereocenters. The van der Waals surface area contributed by atoms with Gasteiger partial charge in [0.25, 0.3) is 5.91 Å². The maximum Gasteiger partial charge on any atom is 0.254 e. The molecule has 2 aliphatic heterocycles. The molecule has 2 aliphatic rings. The van der Waals surface area contributed by atoms with Crippen molar-refractivity contribution in [2.24, 2.45) is 10.7 Å². The van der Waals surface area contributed by atoms with Gasteiger partial charge in [-0.15, -0.1) is 0 Å². The van der Waals surface area contributed by atoms with Crippen LogP contribution in [0.15, 0.2) is 59.1 Å². The Morgan fingerprint density at radius 2 is 1.86 bits per heavy atom. The fourth-order valence-electron chi connectivity index (χ4n) is 4.73. The molecule has 1 atom stereocenters. The summed E-state index contributed by atoms with van der Waals surface area (Å²) in [5, 5.41) is 3.51. The number of carbonyl (C=O) groups is 2. The van der Waals surface area contributed by atoms with Crippen LogP contribution in [0.3, 0.4) is 0 Å². The number of aliphatic imine (C=N–C) groups is 1. The van der Waals surface area contributed by atoms with Crippen molar-refractivity contribution in [2.45, 2.75) is 45.6 Å². The van der Waals surface area contributed by atoms with Crippen LogP contribution in [-0.4, -0.2) is 59.7 Å². The van der Waals surface area contributed by atoms with Gasteiger partial charge in [-0.2, -0.15) is 0 Å². The monoisotopic (exact) mass is 473 g/mol. The first-order valence-corrected chi connectivity index (χ1v) is 12.6. The number of amidine groups is 1. The third-order valence-corrected chi connectivity index (χ3v) is 6.41. The first-order valence-electron chi connectivity index (χ1n) is 12.6. The van der Waals surface area contributed by atoms with Crippen LogP contribution >= 0.6 is 0 Å². The van der Waals surface area contributed by atoms with E-state index in [2.05, 4.69) is 24.2 Å². The molecule has 0 aromatic heterocycles. The van der Waals surface area contributed by atoms with E-state index in [-0.39, 0.29) is 17.9 Å². The molecular weight excluding hydrogens is 438 g/mol. The van der Waals surface area contributed by atoms with E-state index in [1.165, 1.54) is 0 Å². The second kappa shape index (κ2) is 11.2. The largest absolute Gasteiger partial charge is 0.387 e. The second-order valence-corrected chi connectivity index (χ2v) is 9.26. The Morgan fingerprint density at radius 3 is 2.57 bits per heavy atom. The highest BCUT2D eigenvalue weighted by molar-refractivity contribution is 6.06. The van der Waals surface area contributed by atoms with E-state index in [9.17, 15) is 9.59 Å². The van der Waals surface area contributed by atoms with E-state index in [0.29, 0.717) is 42.2 Å². The zero-order chi connectivity index (χ0) is 24.8. The van der Waals surface area contributed by atoms with Gasteiger partial charge in [-0.3, -0.25) is 9.59 Å². The van der Waals surface area contributed by atoms with Crippen molar-refractivity contribution < 1.29 is 9.59 Å². The number of likely N-dealkylation sites (tertiary alicyclic amines) is 1. The van der Waals surface area contributed by atoms with Crippen molar-refractivity contribution >= 4 is 35.1 Å². The Balaban J connectivity index is 1.50. The Hall–Kier alpha value is -3.61. The standard InChI is InChI=1S/C28H35N5O2/c1-3-13-32(14-4-2)28(35)22-16-20-10-11-21(17-25(20)31-26(29)18-22)27(34)33-15-12-24(19-33)30-23-8-6-5-7-9-23/h5-11,16-17,24,30H,3-4,12-15,18-19H2,1-2H3,(H2,29,31). The maximum atomic E-state index is 13.2. The van der Waals surface area contributed by atoms with Gasteiger partial charge in [0.05, 0.1) is 5.69 Å². The number of amides is 2. The van der Waals surface area contributed by atoms with Gasteiger partial charge in [-0.25, -0.2) is 4.99 Å². The van der Waals surface area contributed by atoms with Crippen molar-refractivity contribution in [1.29, 1.82) is 0 Å². The van der Waals surface area contributed by atoms with Crippen molar-refractivity contribution in [3.8, 4) is 0 Å². The predicted molar refractivity (Wildman–Crippen MR) is 142 cm³/mol. The van der Waals surface area contributed by atoms with E-state index in [1.807, 2.05) is 58.3 Å². The van der Waals surface area contributed by atoms with E-state index >= 15 is 0 Å². The van der Waals surface area contributed by atoms with Gasteiger partial charge in [0.2, 0.25) is 5.91 Å². The number of hydrogen-bond acceptors (Lipinski definition) is 5. The number of nitrogens with zero attached hydrogens (tertiary/aromatic N) is 3. The average Bonchev–Trinajstić information content (AvgIpc) is 3.25. The number of nitrogens with two attached hydrogens (primary N) is 1. The molecule has 0 radical (unpaired) electrons. The number of carbonyl (C=O) groups excluding carboxylic acids is 2. The lowest BCUT2D eigenvalue weighted by molar-refractivity contribution is -0.127. The molecule has 1 saturated heterocycles. The molecule has 4 rings (SSSR count). The number of nitrogens with one attached hydrogen (secondary N) is 1. The van der Waals surface area contributed by atoms with Crippen LogP contribution in [-0.2, 0) is 4.79 Å². The molecule has 184 valence electrons. The average molecular weight is 474 g/mol. The van der Waals surface area contributed by atoms with Gasteiger partial charge in [-0.1, -0.05) is 38.1 Å². The zero-order valence-electron chi connectivity index (χ0n) is 20.7. The fraction of sp³-hybridized carbons (Fsp3) is 0.393. The third-order valence-electron chi connectivity index (χ3n) is 6.41. The minimum atomic E-state index is -0.0134. The molecule has 2 aromatic rings. The van der Waals surface area contributed by atoms with Crippen LogP contribution in [0.5, 0.6) is 0 Å². The minimum Gasteiger partial charge on any atom is -0.387 e. The normalized spacial score (nSPS) is 17.2. The summed E-state index contributed by atoms with van der Waals surface area (Å²) >= 11 is 0. The van der Waals surface area contributed by atoms with E-state index < -0.39 is 0 Å². The molecule has 0 spiro atoms. The molecule has 1 fully saturated rings. The van der Waals surface area contributed by atoms with Crippen molar-refractivity contribution in [3.63, 3.8) is 0 Å². The Kier molecular flexibility index (Phi) is 7.85. The SMILES string of the molecule is CCCN(CCC)C(=O)C1=Cc2ccc(C(=O)N3CCC(Nc4ccccc4)C3)cc2N=C(N)C1. The lowest BCUT2D eigenvalue weighted by Gasteiger charge is -2.22. The number of fused-ring (bicyclic) bond motifs is 1. The first kappa shape index (κ1) is 24.5. The van der Waals surface area contributed by atoms with Crippen molar-refractivity contribution in [1.82, 2.24) is 9.80 Å². The van der Waals surface area contributed by atoms with Gasteiger partial charge < -0.3 is 20.9 Å². The Labute approximate surface area is 207 Å². The number of anilines is 1. The number of hydrogen-bond donors (Lipinski definition) is 2. The van der Waals surface area contributed by atoms with E-state index in [1.54, 1.807) is 6.07 Å². The van der Waals surface area contributed by atoms with Crippen LogP contribution in [0.25, 0.3) is 6.08 Å². The van der Waals surface area contributed by atoms with Gasteiger partial charge in [0, 0.05) is 61.0 Å². The lowest BCUT2D eigenvalue weighted by Crippen LogP contribution is -2.34. The summed E-state index contributed by atoms with van der Waals surface area (Å²) in [7, 11) is 0. The highest BCUT2D eigenvalue weighted by Gasteiger charge is 2.28. The van der Waals surface area contributed by atoms with Crippen LogP contribution < -0.4 is 11.1 Å². The summed E-state index contributed by atoms with van der Waals surface area (Å²) in [6, 6.07) is 15.8. The second-order valence-electron chi connectivity index (χ2n) is 9.26. The number of benzene rings is 2. The molecule has 0 bridgehead atoms. The van der Waals surface area contributed by atoms with E-state index in [4.69, 9.17) is 5.73 Å². The summed E-state index contributed by atoms with van der Waals surface area (Å²) in [6.45, 7) is 6.94. The van der Waals surface area contributed by atoms with Gasteiger partial charge >= 0.3 is 0 Å². The molecule has 0 aliphatic carbocycles. The van der Waals surface area contributed by atoms with Gasteiger partial charge in [0.15, 0.2) is 0 Å². The predicted octanol–water partition coefficient (Wildman–Crippen LogP) is 4.44. The van der Waals surface area contributed by atoms with Crippen molar-refractivity contribution in [3.05, 3.63) is 65.2 Å². The smallest absolute Gasteiger partial charge is 0.254 e. The molecule has 0 saturated carbocycles. The molecule has 7 nitrogen and oxygen atoms in total. The quantitative estimate of drug-likeness (QED) is 0.593. The molecule has 35 heavy (non-hydrogen) atoms. The molecule has 3 N–H and O–H groups in total. The van der Waals surface area contributed by atoms with Crippen LogP contribution in [0, 0.1) is 0 Å². The minimum absolute atomic E-state index is 0.00822. The molecule has 2 aromatic carbocycles. The van der Waals surface area contributed by atoms with Gasteiger partial charge in [-0.05, 0) is 49.6 Å². The summed E-state index contributed by atoms with van der Waals surface area (Å²) in [6.07, 6.45) is 4.89. The summed E-state index contributed by atoms with van der Waals surface area (Å²) in [4.78, 5) is 34.7. The fourth-order valence-corrected chi connectivity index (χ4v) is 4.73. The topological polar surface area (TPSA) is 91.0 Å². The first-order chi connectivity index (χ1) is 17.0. The highest BCUT2D eigenvalue weighted by Crippen LogP contribution is 2.29. The van der Waals surface area contributed by atoms with Crippen LogP contribution in [0.2, 0.25) is 0 Å². The molecular formula is C28H35N5O2. The highest BCUT2D eigenvalue weighted by atomic mass is 16.2. The van der Waals surface area contributed by atoms with E-state index in [0.717, 1.165) is 43.6 Å². The lowest BCUT2D eigenvalue weighted by atomic mass is 10.0. The molecule has 7 heteroatoms. The van der Waals surface area contributed by atoms with Crippen LogP contribution in [0.1, 0.15) is 55.5 Å². The summed E-state index contributed by atoms with van der Waals surface area (Å²) in [5.74, 6) is 0.378. The van der Waals surface area contributed by atoms with Crippen LogP contribution in [0.4, 0.5) is 11.4 Å². The van der Waals surface area contributed by atoms with Crippen molar-refractivity contribution in [2.75, 3.05) is 31.5 Å². The van der Waals surface area contributed by atoms with Gasteiger partial charge in [0.1, 0.15) is 5.84 Å². The third kappa shape index (κ3) is 5.91. The molecule has 2 heterocycles.